The first-order chi connectivity index (χ1) is 14.5. The fourth-order valence-electron chi connectivity index (χ4n) is 5.21. The van der Waals surface area contributed by atoms with Gasteiger partial charge in [-0.15, -0.1) is 4.65 Å². The number of hydroxylamine groups is 3. The lowest BCUT2D eigenvalue weighted by molar-refractivity contribution is -1.13. The van der Waals surface area contributed by atoms with E-state index in [0.29, 0.717) is 5.02 Å². The van der Waals surface area contributed by atoms with E-state index in [-0.39, 0.29) is 16.7 Å². The highest BCUT2D eigenvalue weighted by Crippen LogP contribution is 2.53. The molecule has 0 aliphatic carbocycles. The highest BCUT2D eigenvalue weighted by Gasteiger charge is 2.63. The summed E-state index contributed by atoms with van der Waals surface area (Å²) in [5.41, 5.74) is 2.26. The van der Waals surface area contributed by atoms with Gasteiger partial charge < -0.3 is 0 Å². The van der Waals surface area contributed by atoms with Gasteiger partial charge in [0.1, 0.15) is 12.6 Å². The third-order valence-electron chi connectivity index (χ3n) is 6.33. The maximum Gasteiger partial charge on any atom is 0.363 e. The van der Waals surface area contributed by atoms with Crippen LogP contribution in [0.1, 0.15) is 43.4 Å². The molecular weight excluding hydrogens is 394 g/mol. The molecular formula is C26H27ClNO2+. The Balaban J connectivity index is 2.19. The third-order valence-corrected chi connectivity index (χ3v) is 6.66. The van der Waals surface area contributed by atoms with Crippen LogP contribution in [0.25, 0.3) is 0 Å². The molecule has 154 valence electrons. The summed E-state index contributed by atoms with van der Waals surface area (Å²) in [4.78, 5) is 18.8. The van der Waals surface area contributed by atoms with E-state index in [2.05, 4.69) is 37.3 Å². The molecule has 1 saturated heterocycles. The lowest BCUT2D eigenvalue weighted by Gasteiger charge is -2.50. The average Bonchev–Trinajstić information content (AvgIpc) is 3.12. The fraction of sp³-hybridized carbons (Fsp3) is 0.269. The van der Waals surface area contributed by atoms with Gasteiger partial charge in [0, 0.05) is 36.5 Å². The van der Waals surface area contributed by atoms with Crippen LogP contribution in [0.3, 0.4) is 0 Å². The van der Waals surface area contributed by atoms with Crippen molar-refractivity contribution >= 4 is 17.6 Å². The van der Waals surface area contributed by atoms with Gasteiger partial charge in [-0.25, -0.2) is 4.79 Å². The summed E-state index contributed by atoms with van der Waals surface area (Å²) in [6.07, 6.45) is 1.94. The molecule has 0 bridgehead atoms. The molecule has 0 N–H and O–H groups in total. The molecule has 0 aromatic heterocycles. The zero-order valence-corrected chi connectivity index (χ0v) is 18.2. The van der Waals surface area contributed by atoms with Crippen LogP contribution in [0.15, 0.2) is 84.9 Å². The standard InChI is InChI=1S/C26H27ClNO2/c1-20-12-11-19-28(20,30-21(2)29)26(22-13-5-3-6-14-22,23-15-7-4-8-16-23)24-17-9-10-18-25(24)27/h3-10,13-18,20H,11-12,19H2,1-2H3/q+1/t20-,28?/m1/s1. The smallest absolute Gasteiger partial charge is 0.275 e. The van der Waals surface area contributed by atoms with Gasteiger partial charge in [0.25, 0.3) is 0 Å². The van der Waals surface area contributed by atoms with Crippen LogP contribution in [0.2, 0.25) is 5.02 Å². The fourth-order valence-corrected chi connectivity index (χ4v) is 5.49. The first-order valence-electron chi connectivity index (χ1n) is 10.5. The van der Waals surface area contributed by atoms with Gasteiger partial charge in [0.05, 0.1) is 5.02 Å². The Morgan fingerprint density at radius 3 is 1.93 bits per heavy atom. The van der Waals surface area contributed by atoms with E-state index in [0.717, 1.165) is 36.1 Å². The van der Waals surface area contributed by atoms with E-state index < -0.39 is 5.54 Å². The van der Waals surface area contributed by atoms with Crippen LogP contribution in [-0.2, 0) is 15.2 Å². The number of rotatable bonds is 5. The largest absolute Gasteiger partial charge is 0.363 e. The molecule has 1 aliphatic heterocycles. The molecule has 0 saturated carbocycles. The Kier molecular flexibility index (Phi) is 5.68. The van der Waals surface area contributed by atoms with Gasteiger partial charge in [0.15, 0.2) is 0 Å². The lowest BCUT2D eigenvalue weighted by atomic mass is 9.74. The van der Waals surface area contributed by atoms with Gasteiger partial charge in [-0.3, -0.25) is 4.84 Å². The van der Waals surface area contributed by atoms with E-state index in [1.165, 1.54) is 6.92 Å². The SMILES string of the molecule is CC(=O)O[N+]1(C(c2ccccc2)(c2ccccc2)c2ccccc2Cl)CCC[C@H]1C. The second kappa shape index (κ2) is 8.25. The Bertz CT molecular complexity index is 982. The van der Waals surface area contributed by atoms with Crippen LogP contribution in [0.4, 0.5) is 0 Å². The van der Waals surface area contributed by atoms with Crippen molar-refractivity contribution in [1.82, 2.24) is 0 Å². The van der Waals surface area contributed by atoms with Gasteiger partial charge in [-0.2, -0.15) is 0 Å². The van der Waals surface area contributed by atoms with Crippen molar-refractivity contribution in [3.05, 3.63) is 107 Å². The summed E-state index contributed by atoms with van der Waals surface area (Å²) in [5, 5.41) is 0.661. The molecule has 1 heterocycles. The summed E-state index contributed by atoms with van der Waals surface area (Å²) in [6, 6.07) is 28.7. The minimum absolute atomic E-state index is 0.102. The number of benzene rings is 3. The second-order valence-electron chi connectivity index (χ2n) is 8.02. The molecule has 1 aliphatic rings. The number of nitrogens with zero attached hydrogens (tertiary/aromatic N) is 1. The van der Waals surface area contributed by atoms with Crippen molar-refractivity contribution in [2.45, 2.75) is 38.3 Å². The van der Waals surface area contributed by atoms with E-state index in [4.69, 9.17) is 16.4 Å². The van der Waals surface area contributed by atoms with E-state index in [1.807, 2.05) is 54.6 Å². The molecule has 1 fully saturated rings. The zero-order valence-electron chi connectivity index (χ0n) is 17.4. The quantitative estimate of drug-likeness (QED) is 0.367. The second-order valence-corrected chi connectivity index (χ2v) is 8.42. The van der Waals surface area contributed by atoms with Gasteiger partial charge in [-0.1, -0.05) is 90.5 Å². The number of halogens is 1. The number of carbonyl (C=O) groups excluding carboxylic acids is 1. The van der Waals surface area contributed by atoms with Crippen molar-refractivity contribution in [2.75, 3.05) is 6.54 Å². The molecule has 3 nitrogen and oxygen atoms in total. The molecule has 0 radical (unpaired) electrons. The summed E-state index contributed by atoms with van der Waals surface area (Å²) in [7, 11) is 0. The van der Waals surface area contributed by atoms with Crippen LogP contribution >= 0.6 is 11.6 Å². The Hall–Kier alpha value is -2.62. The van der Waals surface area contributed by atoms with Crippen LogP contribution in [0.5, 0.6) is 0 Å². The number of quaternary nitrogens is 1. The highest BCUT2D eigenvalue weighted by atomic mass is 35.5. The van der Waals surface area contributed by atoms with E-state index >= 15 is 0 Å². The monoisotopic (exact) mass is 420 g/mol. The predicted molar refractivity (Wildman–Crippen MR) is 120 cm³/mol. The lowest BCUT2D eigenvalue weighted by Crippen LogP contribution is -2.65. The van der Waals surface area contributed by atoms with E-state index in [9.17, 15) is 4.79 Å². The predicted octanol–water partition coefficient (Wildman–Crippen LogP) is 6.11. The van der Waals surface area contributed by atoms with Crippen molar-refractivity contribution in [2.24, 2.45) is 0 Å². The molecule has 0 amide bonds. The van der Waals surface area contributed by atoms with Crippen LogP contribution in [0, 0.1) is 0 Å². The van der Waals surface area contributed by atoms with Crippen LogP contribution < -0.4 is 0 Å². The summed E-state index contributed by atoms with van der Waals surface area (Å²) in [6.45, 7) is 4.39. The van der Waals surface area contributed by atoms with E-state index in [1.54, 1.807) is 0 Å². The van der Waals surface area contributed by atoms with Crippen molar-refractivity contribution < 1.29 is 14.3 Å². The zero-order chi connectivity index (χ0) is 21.2. The van der Waals surface area contributed by atoms with Gasteiger partial charge in [0.2, 0.25) is 5.54 Å². The van der Waals surface area contributed by atoms with Gasteiger partial charge in [-0.05, 0) is 13.0 Å². The van der Waals surface area contributed by atoms with Crippen molar-refractivity contribution in [1.29, 1.82) is 0 Å². The summed E-state index contributed by atoms with van der Waals surface area (Å²) in [5.74, 6) is -0.285. The molecule has 1 unspecified atom stereocenters. The first-order valence-corrected chi connectivity index (χ1v) is 10.8. The molecule has 0 spiro atoms. The number of likely N-dealkylation sites (tertiary alicyclic amines) is 1. The topological polar surface area (TPSA) is 26.3 Å². The Morgan fingerprint density at radius 1 is 0.933 bits per heavy atom. The average molecular weight is 421 g/mol. The molecule has 4 rings (SSSR count). The van der Waals surface area contributed by atoms with Crippen molar-refractivity contribution in [3.63, 3.8) is 0 Å². The molecule has 4 heteroatoms. The molecule has 2 atom stereocenters. The number of hydrogen-bond acceptors (Lipinski definition) is 2. The minimum atomic E-state index is -0.789. The maximum absolute atomic E-state index is 12.5. The third kappa shape index (κ3) is 3.13. The number of hydrogen-bond donors (Lipinski definition) is 0. The Morgan fingerprint density at radius 2 is 1.47 bits per heavy atom. The molecule has 30 heavy (non-hydrogen) atoms. The normalized spacial score (nSPS) is 21.4. The van der Waals surface area contributed by atoms with Gasteiger partial charge >= 0.3 is 5.97 Å². The maximum atomic E-state index is 12.5. The summed E-state index contributed by atoms with van der Waals surface area (Å²) >= 11 is 6.88. The summed E-state index contributed by atoms with van der Waals surface area (Å²) < 4.78 is 0.167. The molecule has 3 aromatic rings. The number of carbonyl (C=O) groups is 1. The molecule has 3 aromatic carbocycles. The highest BCUT2D eigenvalue weighted by molar-refractivity contribution is 6.31. The first kappa shape index (κ1) is 20.6. The Labute approximate surface area is 183 Å². The van der Waals surface area contributed by atoms with Crippen LogP contribution in [-0.4, -0.2) is 23.2 Å². The minimum Gasteiger partial charge on any atom is -0.275 e. The van der Waals surface area contributed by atoms with Crippen molar-refractivity contribution in [3.8, 4) is 0 Å².